The van der Waals surface area contributed by atoms with Crippen LogP contribution in [0.4, 0.5) is 0 Å². The van der Waals surface area contributed by atoms with Crippen LogP contribution in [0.5, 0.6) is 0 Å². The molecule has 0 radical (unpaired) electrons. The minimum Gasteiger partial charge on any atom is -0.390 e. The molecule has 0 spiro atoms. The highest BCUT2D eigenvalue weighted by atomic mass is 16.3. The maximum Gasteiger partial charge on any atom is 0.0673 e. The van der Waals surface area contributed by atoms with Crippen LogP contribution in [0.15, 0.2) is 0 Å². The molecular formula is C12H20O. The Morgan fingerprint density at radius 3 is 2.92 bits per heavy atom. The first-order chi connectivity index (χ1) is 6.19. The van der Waals surface area contributed by atoms with Crippen molar-refractivity contribution in [3.63, 3.8) is 0 Å². The van der Waals surface area contributed by atoms with Gasteiger partial charge in [-0.25, -0.2) is 0 Å². The smallest absolute Gasteiger partial charge is 0.0673 e. The highest BCUT2D eigenvalue weighted by Crippen LogP contribution is 2.36. The van der Waals surface area contributed by atoms with E-state index in [9.17, 15) is 5.11 Å². The summed E-state index contributed by atoms with van der Waals surface area (Å²) < 4.78 is 0. The van der Waals surface area contributed by atoms with Gasteiger partial charge < -0.3 is 5.11 Å². The summed E-state index contributed by atoms with van der Waals surface area (Å²) >= 11 is 0. The van der Waals surface area contributed by atoms with Crippen LogP contribution in [0, 0.1) is 18.3 Å². The Labute approximate surface area is 81.5 Å². The van der Waals surface area contributed by atoms with Gasteiger partial charge in [-0.2, -0.15) is 0 Å². The molecule has 1 fully saturated rings. The van der Waals surface area contributed by atoms with Gasteiger partial charge in [-0.3, -0.25) is 0 Å². The fourth-order valence-electron chi connectivity index (χ4n) is 2.26. The molecule has 0 amide bonds. The lowest BCUT2D eigenvalue weighted by atomic mass is 9.74. The first-order valence-corrected chi connectivity index (χ1v) is 5.35. The third-order valence-corrected chi connectivity index (χ3v) is 3.34. The van der Waals surface area contributed by atoms with E-state index in [0.29, 0.717) is 5.92 Å². The molecule has 0 aromatic carbocycles. The summed E-state index contributed by atoms with van der Waals surface area (Å²) in [5.74, 6) is 3.09. The lowest BCUT2D eigenvalue weighted by molar-refractivity contribution is -0.0489. The fourth-order valence-corrected chi connectivity index (χ4v) is 2.26. The van der Waals surface area contributed by atoms with Gasteiger partial charge in [0.2, 0.25) is 0 Å². The SMILES string of the molecule is C#CCCCC1(O)CCCCC1C. The van der Waals surface area contributed by atoms with Gasteiger partial charge in [0.15, 0.2) is 0 Å². The second kappa shape index (κ2) is 4.67. The van der Waals surface area contributed by atoms with Crippen LogP contribution in [0.3, 0.4) is 0 Å². The summed E-state index contributed by atoms with van der Waals surface area (Å²) in [6.45, 7) is 2.16. The fraction of sp³-hybridized carbons (Fsp3) is 0.833. The monoisotopic (exact) mass is 180 g/mol. The van der Waals surface area contributed by atoms with Crippen LogP contribution in [0.2, 0.25) is 0 Å². The Balaban J connectivity index is 2.38. The number of aliphatic hydroxyl groups is 1. The van der Waals surface area contributed by atoms with Crippen molar-refractivity contribution in [1.29, 1.82) is 0 Å². The van der Waals surface area contributed by atoms with Crippen LogP contribution in [-0.4, -0.2) is 10.7 Å². The Hall–Kier alpha value is -0.480. The van der Waals surface area contributed by atoms with E-state index in [1.165, 1.54) is 19.3 Å². The third kappa shape index (κ3) is 2.74. The normalized spacial score (nSPS) is 34.1. The number of hydrogen-bond donors (Lipinski definition) is 1. The third-order valence-electron chi connectivity index (χ3n) is 3.34. The van der Waals surface area contributed by atoms with Crippen molar-refractivity contribution in [3.8, 4) is 12.3 Å². The number of terminal acetylenes is 1. The van der Waals surface area contributed by atoms with Gasteiger partial charge >= 0.3 is 0 Å². The van der Waals surface area contributed by atoms with E-state index >= 15 is 0 Å². The van der Waals surface area contributed by atoms with E-state index in [1.807, 2.05) is 0 Å². The molecule has 0 aromatic heterocycles. The van der Waals surface area contributed by atoms with Crippen molar-refractivity contribution in [2.45, 2.75) is 57.5 Å². The van der Waals surface area contributed by atoms with Crippen molar-refractivity contribution in [2.75, 3.05) is 0 Å². The Morgan fingerprint density at radius 1 is 1.54 bits per heavy atom. The van der Waals surface area contributed by atoms with Crippen molar-refractivity contribution >= 4 is 0 Å². The second-order valence-corrected chi connectivity index (χ2v) is 4.31. The Kier molecular flexibility index (Phi) is 3.81. The Morgan fingerprint density at radius 2 is 2.31 bits per heavy atom. The standard InChI is InChI=1S/C12H20O/c1-3-4-6-9-12(13)10-7-5-8-11(12)2/h1,11,13H,4-10H2,2H3. The number of hydrogen-bond acceptors (Lipinski definition) is 1. The summed E-state index contributed by atoms with van der Waals surface area (Å²) in [6, 6.07) is 0. The molecule has 2 atom stereocenters. The van der Waals surface area contributed by atoms with Gasteiger partial charge in [0, 0.05) is 6.42 Å². The van der Waals surface area contributed by atoms with Crippen LogP contribution in [0.1, 0.15) is 51.9 Å². The zero-order valence-corrected chi connectivity index (χ0v) is 8.55. The van der Waals surface area contributed by atoms with Crippen molar-refractivity contribution in [1.82, 2.24) is 0 Å². The molecule has 1 saturated carbocycles. The summed E-state index contributed by atoms with van der Waals surface area (Å²) in [7, 11) is 0. The molecule has 0 heterocycles. The highest BCUT2D eigenvalue weighted by molar-refractivity contribution is 4.90. The predicted octanol–water partition coefficient (Wildman–Crippen LogP) is 2.73. The first-order valence-electron chi connectivity index (χ1n) is 5.35. The molecule has 1 aliphatic carbocycles. The molecule has 0 aliphatic heterocycles. The molecule has 13 heavy (non-hydrogen) atoms. The largest absolute Gasteiger partial charge is 0.390 e. The van der Waals surface area contributed by atoms with E-state index in [1.54, 1.807) is 0 Å². The lowest BCUT2D eigenvalue weighted by Gasteiger charge is -2.38. The quantitative estimate of drug-likeness (QED) is 0.523. The molecule has 74 valence electrons. The molecule has 1 heteroatoms. The maximum atomic E-state index is 10.3. The molecule has 0 saturated heterocycles. The molecular weight excluding hydrogens is 160 g/mol. The van der Waals surface area contributed by atoms with Crippen molar-refractivity contribution < 1.29 is 5.11 Å². The van der Waals surface area contributed by atoms with E-state index in [4.69, 9.17) is 6.42 Å². The van der Waals surface area contributed by atoms with E-state index in [0.717, 1.165) is 25.7 Å². The zero-order chi connectivity index (χ0) is 9.73. The van der Waals surface area contributed by atoms with Crippen LogP contribution in [0.25, 0.3) is 0 Å². The molecule has 0 aromatic rings. The minimum absolute atomic E-state index is 0.408. The molecule has 1 aliphatic rings. The van der Waals surface area contributed by atoms with Gasteiger partial charge in [0.1, 0.15) is 0 Å². The molecule has 0 bridgehead atoms. The maximum absolute atomic E-state index is 10.3. The predicted molar refractivity (Wildman–Crippen MR) is 55.3 cm³/mol. The average molecular weight is 180 g/mol. The average Bonchev–Trinajstić information content (AvgIpc) is 2.11. The number of unbranched alkanes of at least 4 members (excludes halogenated alkanes) is 1. The topological polar surface area (TPSA) is 20.2 Å². The van der Waals surface area contributed by atoms with E-state index < -0.39 is 5.60 Å². The summed E-state index contributed by atoms with van der Waals surface area (Å²) in [5, 5.41) is 10.3. The van der Waals surface area contributed by atoms with Gasteiger partial charge in [0.25, 0.3) is 0 Å². The zero-order valence-electron chi connectivity index (χ0n) is 8.55. The second-order valence-electron chi connectivity index (χ2n) is 4.31. The van der Waals surface area contributed by atoms with Crippen LogP contribution >= 0.6 is 0 Å². The summed E-state index contributed by atoms with van der Waals surface area (Å²) in [5.41, 5.74) is -0.408. The van der Waals surface area contributed by atoms with E-state index in [2.05, 4.69) is 12.8 Å². The minimum atomic E-state index is -0.408. The van der Waals surface area contributed by atoms with Crippen LogP contribution < -0.4 is 0 Å². The lowest BCUT2D eigenvalue weighted by Crippen LogP contribution is -2.38. The van der Waals surface area contributed by atoms with E-state index in [-0.39, 0.29) is 0 Å². The summed E-state index contributed by atoms with van der Waals surface area (Å²) in [4.78, 5) is 0. The van der Waals surface area contributed by atoms with Gasteiger partial charge in [-0.05, 0) is 31.6 Å². The molecule has 1 N–H and O–H groups in total. The van der Waals surface area contributed by atoms with Gasteiger partial charge in [-0.15, -0.1) is 12.3 Å². The van der Waals surface area contributed by atoms with Crippen molar-refractivity contribution in [3.05, 3.63) is 0 Å². The highest BCUT2D eigenvalue weighted by Gasteiger charge is 2.34. The first kappa shape index (κ1) is 10.6. The molecule has 2 unspecified atom stereocenters. The molecule has 1 nitrogen and oxygen atoms in total. The van der Waals surface area contributed by atoms with Gasteiger partial charge in [0.05, 0.1) is 5.60 Å². The van der Waals surface area contributed by atoms with Gasteiger partial charge in [-0.1, -0.05) is 19.8 Å². The van der Waals surface area contributed by atoms with Crippen molar-refractivity contribution in [2.24, 2.45) is 5.92 Å². The number of rotatable bonds is 3. The summed E-state index contributed by atoms with van der Waals surface area (Å²) in [6.07, 6.45) is 12.4. The molecule has 1 rings (SSSR count). The Bertz CT molecular complexity index is 192. The van der Waals surface area contributed by atoms with Crippen LogP contribution in [-0.2, 0) is 0 Å².